The number of para-hydroxylation sites is 1. The van der Waals surface area contributed by atoms with Crippen LogP contribution in [0.5, 0.6) is 46.0 Å². The number of rotatable bonds is 3. The average molecular weight is 547 g/mol. The average Bonchev–Trinajstić information content (AvgIpc) is 2.93. The van der Waals surface area contributed by atoms with Crippen molar-refractivity contribution in [2.75, 3.05) is 0 Å². The number of benzene rings is 4. The van der Waals surface area contributed by atoms with Gasteiger partial charge in [-0.05, 0) is 41.5 Å². The molecule has 0 saturated carbocycles. The fraction of sp³-hybridized carbons (Fsp3) is 0.200. The quantitative estimate of drug-likeness (QED) is 0.177. The van der Waals surface area contributed by atoms with Gasteiger partial charge < -0.3 is 50.3 Å². The zero-order valence-electron chi connectivity index (χ0n) is 20.8. The fourth-order valence-electron chi connectivity index (χ4n) is 5.57. The molecule has 4 aromatic rings. The van der Waals surface area contributed by atoms with E-state index in [1.165, 1.54) is 36.4 Å². The highest BCUT2D eigenvalue weighted by Gasteiger charge is 2.44. The number of phenolic OH excluding ortho intramolecular Hbond substituents is 6. The molecule has 40 heavy (non-hydrogen) atoms. The van der Waals surface area contributed by atoms with Crippen molar-refractivity contribution in [1.82, 2.24) is 0 Å². The van der Waals surface area contributed by atoms with Gasteiger partial charge in [-0.3, -0.25) is 0 Å². The van der Waals surface area contributed by atoms with Crippen LogP contribution in [0.2, 0.25) is 0 Å². The Morgan fingerprint density at radius 1 is 0.600 bits per heavy atom. The Kier molecular flexibility index (Phi) is 6.01. The van der Waals surface area contributed by atoms with E-state index in [4.69, 9.17) is 9.47 Å². The van der Waals surface area contributed by atoms with E-state index in [0.29, 0.717) is 22.4 Å². The van der Waals surface area contributed by atoms with Gasteiger partial charge in [-0.2, -0.15) is 0 Å². The lowest BCUT2D eigenvalue weighted by Gasteiger charge is -2.40. The minimum atomic E-state index is -1.34. The molecule has 2 aliphatic rings. The van der Waals surface area contributed by atoms with Crippen LogP contribution in [0.3, 0.4) is 0 Å². The summed E-state index contributed by atoms with van der Waals surface area (Å²) < 4.78 is 12.3. The third-order valence-corrected chi connectivity index (χ3v) is 7.51. The SMILES string of the molecule is Oc1ccc([C@H]2Oc3ccccc3[C@@H](c3c(O)cc(O)c4c3O[C@H](c3ccc(O)c(O)c3)[C@@H](O)C4)[C@@H]2O)cc1O. The Labute approximate surface area is 227 Å². The van der Waals surface area contributed by atoms with E-state index in [1.54, 1.807) is 24.3 Å². The summed E-state index contributed by atoms with van der Waals surface area (Å²) in [6.07, 6.45) is -4.65. The Balaban J connectivity index is 1.51. The summed E-state index contributed by atoms with van der Waals surface area (Å²) in [5.41, 5.74) is 1.58. The van der Waals surface area contributed by atoms with Crippen LogP contribution in [0.1, 0.15) is 45.9 Å². The van der Waals surface area contributed by atoms with Crippen molar-refractivity contribution in [2.45, 2.75) is 36.8 Å². The third-order valence-electron chi connectivity index (χ3n) is 7.51. The van der Waals surface area contributed by atoms with E-state index in [-0.39, 0.29) is 46.3 Å². The standard InChI is InChI=1S/C30H26O10/c31-17-7-5-13(9-20(17)34)28-23(37)11-16-19(33)12-22(36)26(30(16)40-28)25-15-3-1-2-4-24(15)39-29(27(25)38)14-6-8-18(32)21(35)10-14/h1-10,12,23,25,27-29,31-38H,11H2/t23-,25-,27-,28+,29+/m0/s1. The van der Waals surface area contributed by atoms with Gasteiger partial charge in [0, 0.05) is 35.1 Å². The Hall–Kier alpha value is -4.80. The Bertz CT molecular complexity index is 1620. The Morgan fingerprint density at radius 3 is 1.88 bits per heavy atom. The number of ether oxygens (including phenoxy) is 2. The van der Waals surface area contributed by atoms with Crippen LogP contribution >= 0.6 is 0 Å². The molecule has 206 valence electrons. The highest BCUT2D eigenvalue weighted by atomic mass is 16.5. The van der Waals surface area contributed by atoms with Gasteiger partial charge in [0.05, 0.1) is 6.10 Å². The summed E-state index contributed by atoms with van der Waals surface area (Å²) in [5.74, 6) is -2.68. The van der Waals surface area contributed by atoms with Crippen molar-refractivity contribution in [3.8, 4) is 46.0 Å². The molecule has 0 bridgehead atoms. The second-order valence-corrected chi connectivity index (χ2v) is 9.99. The van der Waals surface area contributed by atoms with E-state index in [1.807, 2.05) is 0 Å². The molecule has 0 amide bonds. The van der Waals surface area contributed by atoms with Crippen LogP contribution in [0.25, 0.3) is 0 Å². The molecule has 8 N–H and O–H groups in total. The summed E-state index contributed by atoms with van der Waals surface area (Å²) >= 11 is 0. The van der Waals surface area contributed by atoms with Gasteiger partial charge in [-0.25, -0.2) is 0 Å². The maximum atomic E-state index is 11.7. The van der Waals surface area contributed by atoms with E-state index in [2.05, 4.69) is 0 Å². The van der Waals surface area contributed by atoms with E-state index in [9.17, 15) is 40.9 Å². The van der Waals surface area contributed by atoms with Gasteiger partial charge in [0.25, 0.3) is 0 Å². The van der Waals surface area contributed by atoms with Gasteiger partial charge in [-0.1, -0.05) is 30.3 Å². The second kappa shape index (κ2) is 9.44. The normalized spacial score (nSPS) is 23.4. The van der Waals surface area contributed by atoms with Crippen LogP contribution in [0.15, 0.2) is 66.7 Å². The minimum Gasteiger partial charge on any atom is -0.507 e. The molecule has 0 unspecified atom stereocenters. The number of hydrogen-bond acceptors (Lipinski definition) is 10. The van der Waals surface area contributed by atoms with Crippen LogP contribution in [-0.2, 0) is 6.42 Å². The largest absolute Gasteiger partial charge is 0.507 e. The topological polar surface area (TPSA) is 180 Å². The van der Waals surface area contributed by atoms with E-state index < -0.39 is 41.8 Å². The van der Waals surface area contributed by atoms with Gasteiger partial charge in [0.1, 0.15) is 35.2 Å². The van der Waals surface area contributed by atoms with Crippen LogP contribution in [0.4, 0.5) is 0 Å². The molecule has 0 radical (unpaired) electrons. The summed E-state index contributed by atoms with van der Waals surface area (Å²) in [6, 6.07) is 16.1. The molecule has 0 saturated heterocycles. The monoisotopic (exact) mass is 546 g/mol. The van der Waals surface area contributed by atoms with Gasteiger partial charge in [-0.15, -0.1) is 0 Å². The number of aliphatic hydroxyl groups is 2. The molecule has 0 aromatic heterocycles. The molecule has 2 heterocycles. The molecule has 0 fully saturated rings. The van der Waals surface area contributed by atoms with E-state index >= 15 is 0 Å². The molecular formula is C30H26O10. The number of phenols is 6. The lowest BCUT2D eigenvalue weighted by Crippen LogP contribution is -2.36. The first-order valence-corrected chi connectivity index (χ1v) is 12.5. The van der Waals surface area contributed by atoms with E-state index in [0.717, 1.165) is 6.07 Å². The lowest BCUT2D eigenvalue weighted by molar-refractivity contribution is 0.00197. The predicted molar refractivity (Wildman–Crippen MR) is 140 cm³/mol. The first kappa shape index (κ1) is 25.5. The first-order valence-electron chi connectivity index (χ1n) is 12.5. The van der Waals surface area contributed by atoms with Crippen molar-refractivity contribution in [1.29, 1.82) is 0 Å². The Morgan fingerprint density at radius 2 is 1.23 bits per heavy atom. The molecule has 0 spiro atoms. The summed E-state index contributed by atoms with van der Waals surface area (Å²) in [5, 5.41) is 84.2. The number of fused-ring (bicyclic) bond motifs is 2. The molecule has 10 nitrogen and oxygen atoms in total. The van der Waals surface area contributed by atoms with Crippen LogP contribution in [-0.4, -0.2) is 53.1 Å². The molecule has 4 aromatic carbocycles. The lowest BCUT2D eigenvalue weighted by atomic mass is 9.78. The molecule has 10 heteroatoms. The van der Waals surface area contributed by atoms with Crippen molar-refractivity contribution < 1.29 is 50.3 Å². The van der Waals surface area contributed by atoms with Crippen molar-refractivity contribution in [2.24, 2.45) is 0 Å². The number of hydrogen-bond donors (Lipinski definition) is 8. The fourth-order valence-corrected chi connectivity index (χ4v) is 5.57. The van der Waals surface area contributed by atoms with Crippen LogP contribution < -0.4 is 9.47 Å². The second-order valence-electron chi connectivity index (χ2n) is 9.99. The molecule has 0 aliphatic carbocycles. The summed E-state index contributed by atoms with van der Waals surface area (Å²) in [7, 11) is 0. The summed E-state index contributed by atoms with van der Waals surface area (Å²) in [4.78, 5) is 0. The van der Waals surface area contributed by atoms with Crippen molar-refractivity contribution in [3.05, 3.63) is 94.5 Å². The van der Waals surface area contributed by atoms with Gasteiger partial charge in [0.15, 0.2) is 29.1 Å². The van der Waals surface area contributed by atoms with Crippen molar-refractivity contribution in [3.63, 3.8) is 0 Å². The first-order chi connectivity index (χ1) is 19.1. The smallest absolute Gasteiger partial charge is 0.157 e. The molecule has 6 rings (SSSR count). The highest BCUT2D eigenvalue weighted by molar-refractivity contribution is 5.63. The van der Waals surface area contributed by atoms with Gasteiger partial charge >= 0.3 is 0 Å². The maximum absolute atomic E-state index is 11.7. The molecule has 5 atom stereocenters. The summed E-state index contributed by atoms with van der Waals surface area (Å²) in [6.45, 7) is 0. The molecular weight excluding hydrogens is 520 g/mol. The maximum Gasteiger partial charge on any atom is 0.157 e. The predicted octanol–water partition coefficient (Wildman–Crippen LogP) is 3.58. The highest BCUT2D eigenvalue weighted by Crippen LogP contribution is 2.55. The molecule has 2 aliphatic heterocycles. The minimum absolute atomic E-state index is 0.0495. The zero-order chi connectivity index (χ0) is 28.3. The number of aliphatic hydroxyl groups excluding tert-OH is 2. The van der Waals surface area contributed by atoms with Crippen LogP contribution in [0, 0.1) is 0 Å². The van der Waals surface area contributed by atoms with Gasteiger partial charge in [0.2, 0.25) is 0 Å². The third kappa shape index (κ3) is 4.05. The number of aromatic hydroxyl groups is 6. The van der Waals surface area contributed by atoms with Crippen molar-refractivity contribution >= 4 is 0 Å². The zero-order valence-corrected chi connectivity index (χ0v) is 20.8.